The molecule has 0 aliphatic carbocycles. The van der Waals surface area contributed by atoms with Crippen molar-refractivity contribution in [2.45, 2.75) is 17.5 Å². The fraction of sp³-hybridized carbons (Fsp3) is 0.400. The second-order valence-corrected chi connectivity index (χ2v) is 10.5. The Morgan fingerprint density at radius 2 is 2.23 bits per heavy atom. The number of thioether (sulfide) groups is 1. The van der Waals surface area contributed by atoms with Gasteiger partial charge in [0.05, 0.1) is 28.0 Å². The Labute approximate surface area is 168 Å². The molecule has 1 N–H and O–H groups in total. The second kappa shape index (κ2) is 7.87. The number of hydrogen-bond donors (Lipinski definition) is 1. The molecule has 1 saturated heterocycles. The van der Waals surface area contributed by atoms with Crippen LogP contribution in [0.1, 0.15) is 18.2 Å². The molecular formula is C15H16BrClN4O3S2. The van der Waals surface area contributed by atoms with E-state index < -0.39 is 9.84 Å². The quantitative estimate of drug-likeness (QED) is 0.663. The van der Waals surface area contributed by atoms with Crippen LogP contribution >= 0.6 is 39.3 Å². The monoisotopic (exact) mass is 478 g/mol. The molecule has 1 unspecified atom stereocenters. The molecule has 2 heterocycles. The first-order valence-corrected chi connectivity index (χ1v) is 11.7. The molecule has 0 bridgehead atoms. The standard InChI is InChI=1S/C15H16BrClN4O3S2/c1-21-14(9-4-5-26(23,24)8-9)19-20-15(21)25-7-13(22)18-12-3-2-10(16)6-11(12)17/h2-3,6,9H,4-5,7-8H2,1H3,(H,18,22). The Kier molecular flexibility index (Phi) is 5.95. The number of rotatable bonds is 5. The maximum atomic E-state index is 12.1. The molecule has 26 heavy (non-hydrogen) atoms. The van der Waals surface area contributed by atoms with Crippen LogP contribution in [0.4, 0.5) is 5.69 Å². The lowest BCUT2D eigenvalue weighted by atomic mass is 10.1. The summed E-state index contributed by atoms with van der Waals surface area (Å²) in [4.78, 5) is 12.1. The van der Waals surface area contributed by atoms with E-state index in [-0.39, 0.29) is 29.1 Å². The van der Waals surface area contributed by atoms with Gasteiger partial charge in [-0.05, 0) is 24.6 Å². The van der Waals surface area contributed by atoms with Gasteiger partial charge in [0, 0.05) is 17.4 Å². The van der Waals surface area contributed by atoms with E-state index in [4.69, 9.17) is 11.6 Å². The van der Waals surface area contributed by atoms with Crippen LogP contribution in [0.3, 0.4) is 0 Å². The van der Waals surface area contributed by atoms with Gasteiger partial charge < -0.3 is 9.88 Å². The van der Waals surface area contributed by atoms with Gasteiger partial charge in [0.2, 0.25) is 5.91 Å². The van der Waals surface area contributed by atoms with Crippen molar-refractivity contribution in [1.82, 2.24) is 14.8 Å². The Morgan fingerprint density at radius 1 is 1.46 bits per heavy atom. The maximum absolute atomic E-state index is 12.1. The van der Waals surface area contributed by atoms with Gasteiger partial charge in [-0.3, -0.25) is 4.79 Å². The average molecular weight is 480 g/mol. The highest BCUT2D eigenvalue weighted by molar-refractivity contribution is 9.10. The summed E-state index contributed by atoms with van der Waals surface area (Å²) in [5, 5.41) is 12.0. The zero-order valence-corrected chi connectivity index (χ0v) is 17.8. The van der Waals surface area contributed by atoms with Crippen LogP contribution in [0, 0.1) is 0 Å². The highest BCUT2D eigenvalue weighted by Gasteiger charge is 2.32. The molecule has 1 aromatic carbocycles. The SMILES string of the molecule is Cn1c(SCC(=O)Nc2ccc(Br)cc2Cl)nnc1C1CCS(=O)(=O)C1. The largest absolute Gasteiger partial charge is 0.324 e. The normalized spacial score (nSPS) is 18.8. The molecule has 7 nitrogen and oxygen atoms in total. The first-order chi connectivity index (χ1) is 12.2. The number of sulfone groups is 1. The maximum Gasteiger partial charge on any atom is 0.234 e. The van der Waals surface area contributed by atoms with E-state index in [1.54, 1.807) is 29.8 Å². The molecule has 140 valence electrons. The molecule has 1 fully saturated rings. The van der Waals surface area contributed by atoms with Gasteiger partial charge >= 0.3 is 0 Å². The predicted octanol–water partition coefficient (Wildman–Crippen LogP) is 2.86. The van der Waals surface area contributed by atoms with E-state index in [1.807, 2.05) is 0 Å². The first-order valence-electron chi connectivity index (χ1n) is 7.72. The number of carbonyl (C=O) groups excluding carboxylic acids is 1. The van der Waals surface area contributed by atoms with Crippen molar-refractivity contribution >= 4 is 60.7 Å². The number of hydrogen-bond acceptors (Lipinski definition) is 6. The van der Waals surface area contributed by atoms with E-state index in [0.29, 0.717) is 28.1 Å². The number of nitrogens with zero attached hydrogens (tertiary/aromatic N) is 3. The summed E-state index contributed by atoms with van der Waals surface area (Å²) in [5.41, 5.74) is 0.537. The summed E-state index contributed by atoms with van der Waals surface area (Å²) in [5.74, 6) is 0.719. The zero-order chi connectivity index (χ0) is 18.9. The lowest BCUT2D eigenvalue weighted by Gasteiger charge is -2.09. The van der Waals surface area contributed by atoms with Crippen molar-refractivity contribution in [2.24, 2.45) is 7.05 Å². The third-order valence-corrected chi connectivity index (χ3v) is 7.60. The summed E-state index contributed by atoms with van der Waals surface area (Å²) < 4.78 is 25.9. The van der Waals surface area contributed by atoms with Crippen LogP contribution in [0.5, 0.6) is 0 Å². The van der Waals surface area contributed by atoms with Crippen LogP contribution in [0.15, 0.2) is 27.8 Å². The highest BCUT2D eigenvalue weighted by atomic mass is 79.9. The summed E-state index contributed by atoms with van der Waals surface area (Å²) in [6.45, 7) is 0. The highest BCUT2D eigenvalue weighted by Crippen LogP contribution is 2.30. The predicted molar refractivity (Wildman–Crippen MR) is 106 cm³/mol. The minimum absolute atomic E-state index is 0.103. The molecule has 2 aromatic rings. The van der Waals surface area contributed by atoms with E-state index in [9.17, 15) is 13.2 Å². The van der Waals surface area contributed by atoms with Crippen LogP contribution < -0.4 is 5.32 Å². The lowest BCUT2D eigenvalue weighted by Crippen LogP contribution is -2.15. The number of aromatic nitrogens is 3. The van der Waals surface area contributed by atoms with Gasteiger partial charge in [-0.1, -0.05) is 39.3 Å². The minimum atomic E-state index is -2.99. The third kappa shape index (κ3) is 4.59. The molecule has 1 aromatic heterocycles. The van der Waals surface area contributed by atoms with Gasteiger partial charge in [-0.25, -0.2) is 8.42 Å². The smallest absolute Gasteiger partial charge is 0.234 e. The molecule has 11 heteroatoms. The molecule has 3 rings (SSSR count). The topological polar surface area (TPSA) is 93.9 Å². The van der Waals surface area contributed by atoms with Crippen LogP contribution in [0.25, 0.3) is 0 Å². The fourth-order valence-corrected chi connectivity index (χ4v) is 5.89. The zero-order valence-electron chi connectivity index (χ0n) is 13.8. The number of anilines is 1. The number of amides is 1. The van der Waals surface area contributed by atoms with Crippen LogP contribution in [-0.2, 0) is 21.7 Å². The molecule has 0 radical (unpaired) electrons. The number of halogens is 2. The van der Waals surface area contributed by atoms with Gasteiger partial charge in [0.1, 0.15) is 5.82 Å². The molecule has 1 amide bonds. The van der Waals surface area contributed by atoms with Crippen molar-refractivity contribution in [1.29, 1.82) is 0 Å². The molecule has 1 atom stereocenters. The summed E-state index contributed by atoms with van der Waals surface area (Å²) in [6.07, 6.45) is 0.557. The van der Waals surface area contributed by atoms with E-state index in [0.717, 1.165) is 4.47 Å². The van der Waals surface area contributed by atoms with Gasteiger partial charge in [0.15, 0.2) is 15.0 Å². The second-order valence-electron chi connectivity index (χ2n) is 5.96. The third-order valence-electron chi connectivity index (χ3n) is 4.00. The molecule has 0 saturated carbocycles. The van der Waals surface area contributed by atoms with E-state index >= 15 is 0 Å². The average Bonchev–Trinajstić information content (AvgIpc) is 3.10. The molecule has 1 aliphatic heterocycles. The van der Waals surface area contributed by atoms with Gasteiger partial charge in [-0.15, -0.1) is 10.2 Å². The van der Waals surface area contributed by atoms with E-state index in [1.165, 1.54) is 11.8 Å². The van der Waals surface area contributed by atoms with Crippen molar-refractivity contribution < 1.29 is 13.2 Å². The van der Waals surface area contributed by atoms with Crippen molar-refractivity contribution in [3.63, 3.8) is 0 Å². The van der Waals surface area contributed by atoms with Crippen molar-refractivity contribution in [3.8, 4) is 0 Å². The Balaban J connectivity index is 1.60. The number of benzene rings is 1. The number of nitrogens with one attached hydrogen (secondary N) is 1. The van der Waals surface area contributed by atoms with Crippen molar-refractivity contribution in [3.05, 3.63) is 33.5 Å². The summed E-state index contributed by atoms with van der Waals surface area (Å²) >= 11 is 10.6. The van der Waals surface area contributed by atoms with Gasteiger partial charge in [0.25, 0.3) is 0 Å². The van der Waals surface area contributed by atoms with Crippen LogP contribution in [-0.4, -0.2) is 46.3 Å². The summed E-state index contributed by atoms with van der Waals surface area (Å²) in [6, 6.07) is 5.21. The lowest BCUT2D eigenvalue weighted by molar-refractivity contribution is -0.113. The Morgan fingerprint density at radius 3 is 2.88 bits per heavy atom. The minimum Gasteiger partial charge on any atom is -0.324 e. The van der Waals surface area contributed by atoms with Gasteiger partial charge in [-0.2, -0.15) is 0 Å². The molecular weight excluding hydrogens is 464 g/mol. The Bertz CT molecular complexity index is 948. The number of carbonyl (C=O) groups is 1. The van der Waals surface area contributed by atoms with E-state index in [2.05, 4.69) is 31.4 Å². The Hall–Kier alpha value is -1.10. The fourth-order valence-electron chi connectivity index (χ4n) is 2.71. The first kappa shape index (κ1) is 19.7. The van der Waals surface area contributed by atoms with Crippen LogP contribution in [0.2, 0.25) is 5.02 Å². The van der Waals surface area contributed by atoms with Crippen molar-refractivity contribution in [2.75, 3.05) is 22.6 Å². The molecule has 0 spiro atoms. The molecule has 1 aliphatic rings. The summed E-state index contributed by atoms with van der Waals surface area (Å²) in [7, 11) is -1.20.